The molecule has 190 valence electrons. The number of hydrogen-bond donors (Lipinski definition) is 1. The Morgan fingerprint density at radius 3 is 2.46 bits per heavy atom. The maximum absolute atomic E-state index is 9.19. The van der Waals surface area contributed by atoms with Gasteiger partial charge in [-0.05, 0) is 96.9 Å². The summed E-state index contributed by atoms with van der Waals surface area (Å²) in [4.78, 5) is 6.21. The lowest BCUT2D eigenvalue weighted by Crippen LogP contribution is -2.32. The number of hydrogen-bond acceptors (Lipinski definition) is 4. The Morgan fingerprint density at radius 2 is 1.76 bits per heavy atom. The van der Waals surface area contributed by atoms with Crippen LogP contribution in [-0.2, 0) is 6.54 Å². The summed E-state index contributed by atoms with van der Waals surface area (Å²) < 4.78 is 11.0. The van der Waals surface area contributed by atoms with Crippen molar-refractivity contribution in [1.82, 2.24) is 9.88 Å². The number of likely N-dealkylation sites (tertiary alicyclic amines) is 1. The lowest BCUT2D eigenvalue weighted by atomic mass is 9.87. The molecule has 1 fully saturated rings. The molecule has 1 saturated heterocycles. The van der Waals surface area contributed by atoms with E-state index in [2.05, 4.69) is 66.2 Å². The zero-order valence-electron chi connectivity index (χ0n) is 22.2. The van der Waals surface area contributed by atoms with Gasteiger partial charge in [-0.2, -0.15) is 5.26 Å². The van der Waals surface area contributed by atoms with Crippen molar-refractivity contribution < 1.29 is 9.47 Å². The lowest BCUT2D eigenvalue weighted by Gasteiger charge is -2.32. The molecule has 0 unspecified atom stereocenters. The van der Waals surface area contributed by atoms with E-state index in [1.165, 1.54) is 27.6 Å². The minimum absolute atomic E-state index is 0.373. The van der Waals surface area contributed by atoms with Crippen molar-refractivity contribution in [2.24, 2.45) is 0 Å². The second-order valence-electron chi connectivity index (χ2n) is 10.3. The quantitative estimate of drug-likeness (QED) is 0.295. The van der Waals surface area contributed by atoms with Crippen molar-refractivity contribution in [1.29, 1.82) is 5.26 Å². The van der Waals surface area contributed by atoms with Crippen molar-refractivity contribution in [2.75, 3.05) is 27.3 Å². The number of nitriles is 1. The third kappa shape index (κ3) is 5.08. The highest BCUT2D eigenvalue weighted by Gasteiger charge is 2.23. The first-order chi connectivity index (χ1) is 18.0. The molecule has 37 heavy (non-hydrogen) atoms. The minimum Gasteiger partial charge on any atom is -0.493 e. The molecule has 5 nitrogen and oxygen atoms in total. The highest BCUT2D eigenvalue weighted by Crippen LogP contribution is 2.40. The zero-order chi connectivity index (χ0) is 25.9. The summed E-state index contributed by atoms with van der Waals surface area (Å²) in [6.45, 7) is 7.57. The Kier molecular flexibility index (Phi) is 7.21. The predicted molar refractivity (Wildman–Crippen MR) is 149 cm³/mol. The van der Waals surface area contributed by atoms with Gasteiger partial charge < -0.3 is 14.5 Å². The van der Waals surface area contributed by atoms with Gasteiger partial charge in [-0.15, -0.1) is 0 Å². The van der Waals surface area contributed by atoms with Crippen LogP contribution in [0.25, 0.3) is 22.2 Å². The molecule has 1 aliphatic rings. The molecule has 0 radical (unpaired) electrons. The molecular formula is C32H35N3O2. The Morgan fingerprint density at radius 1 is 0.973 bits per heavy atom. The number of ether oxygens (including phenoxy) is 2. The van der Waals surface area contributed by atoms with Crippen LogP contribution in [-0.4, -0.2) is 37.2 Å². The van der Waals surface area contributed by atoms with Crippen molar-refractivity contribution in [3.05, 3.63) is 82.9 Å². The molecule has 3 aromatic carbocycles. The van der Waals surface area contributed by atoms with Crippen LogP contribution < -0.4 is 9.47 Å². The molecule has 5 heteroatoms. The van der Waals surface area contributed by atoms with Crippen molar-refractivity contribution in [2.45, 2.75) is 45.1 Å². The number of methoxy groups -OCH3 is 2. The van der Waals surface area contributed by atoms with E-state index >= 15 is 0 Å². The van der Waals surface area contributed by atoms with Gasteiger partial charge in [0.25, 0.3) is 0 Å². The number of aromatic nitrogens is 1. The average Bonchev–Trinajstić information content (AvgIpc) is 3.32. The van der Waals surface area contributed by atoms with E-state index < -0.39 is 0 Å². The van der Waals surface area contributed by atoms with E-state index in [0.717, 1.165) is 60.8 Å². The highest BCUT2D eigenvalue weighted by molar-refractivity contribution is 5.92. The Hall–Kier alpha value is -3.75. The van der Waals surface area contributed by atoms with E-state index in [4.69, 9.17) is 9.47 Å². The summed E-state index contributed by atoms with van der Waals surface area (Å²) >= 11 is 0. The predicted octanol–water partition coefficient (Wildman–Crippen LogP) is 7.23. The highest BCUT2D eigenvalue weighted by atomic mass is 16.5. The van der Waals surface area contributed by atoms with E-state index in [1.807, 2.05) is 24.3 Å². The minimum atomic E-state index is 0.373. The van der Waals surface area contributed by atoms with E-state index in [9.17, 15) is 5.26 Å². The fraction of sp³-hybridized carbons (Fsp3) is 0.344. The second-order valence-corrected chi connectivity index (χ2v) is 10.3. The van der Waals surface area contributed by atoms with Crippen molar-refractivity contribution in [3.63, 3.8) is 0 Å². The summed E-state index contributed by atoms with van der Waals surface area (Å²) in [6, 6.07) is 23.3. The van der Waals surface area contributed by atoms with Crippen LogP contribution >= 0.6 is 0 Å². The molecule has 2 heterocycles. The van der Waals surface area contributed by atoms with Gasteiger partial charge in [-0.3, -0.25) is 4.90 Å². The summed E-state index contributed by atoms with van der Waals surface area (Å²) in [5.41, 5.74) is 8.16. The van der Waals surface area contributed by atoms with Crippen LogP contribution in [0.4, 0.5) is 0 Å². The number of nitrogens with zero attached hydrogens (tertiary/aromatic N) is 2. The number of benzene rings is 3. The van der Waals surface area contributed by atoms with Gasteiger partial charge in [0.1, 0.15) is 0 Å². The maximum Gasteiger partial charge on any atom is 0.161 e. The monoisotopic (exact) mass is 493 g/mol. The van der Waals surface area contributed by atoms with Gasteiger partial charge in [0.2, 0.25) is 0 Å². The van der Waals surface area contributed by atoms with E-state index in [-0.39, 0.29) is 0 Å². The molecule has 0 amide bonds. The summed E-state index contributed by atoms with van der Waals surface area (Å²) in [5.74, 6) is 2.41. The normalized spacial score (nSPS) is 14.7. The fourth-order valence-electron chi connectivity index (χ4n) is 5.73. The van der Waals surface area contributed by atoms with Gasteiger partial charge in [0.15, 0.2) is 11.5 Å². The average molecular weight is 494 g/mol. The van der Waals surface area contributed by atoms with Crippen LogP contribution in [0.5, 0.6) is 11.5 Å². The molecule has 1 aliphatic heterocycles. The summed E-state index contributed by atoms with van der Waals surface area (Å²) in [5, 5.41) is 10.5. The Labute approximate surface area is 219 Å². The first-order valence-corrected chi connectivity index (χ1v) is 13.1. The molecule has 0 bridgehead atoms. The van der Waals surface area contributed by atoms with Gasteiger partial charge >= 0.3 is 0 Å². The number of fused-ring (bicyclic) bond motifs is 1. The molecule has 5 rings (SSSR count). The van der Waals surface area contributed by atoms with Crippen molar-refractivity contribution >= 4 is 10.9 Å². The van der Waals surface area contributed by atoms with Crippen LogP contribution in [0.15, 0.2) is 60.7 Å². The number of H-pyrrole nitrogens is 1. The fourth-order valence-corrected chi connectivity index (χ4v) is 5.73. The van der Waals surface area contributed by atoms with Gasteiger partial charge in [0, 0.05) is 23.0 Å². The number of aromatic amines is 1. The van der Waals surface area contributed by atoms with Gasteiger partial charge in [0.05, 0.1) is 31.5 Å². The van der Waals surface area contributed by atoms with Crippen LogP contribution in [0, 0.1) is 11.3 Å². The number of rotatable bonds is 7. The third-order valence-electron chi connectivity index (χ3n) is 7.63. The first-order valence-electron chi connectivity index (χ1n) is 13.1. The summed E-state index contributed by atoms with van der Waals surface area (Å²) in [7, 11) is 3.34. The second kappa shape index (κ2) is 10.7. The van der Waals surface area contributed by atoms with Gasteiger partial charge in [-0.25, -0.2) is 0 Å². The standard InChI is InChI=1S/C32H35N3O2/c1-21(2)31-27-17-25(24-12-14-35(15-13-24)20-23-7-5-6-22(16-23)19-33)8-10-28(27)34-32(31)26-9-11-29(36-3)30(18-26)37-4/h5-11,16-18,21,24,34H,12-15,20H2,1-4H3. The molecular weight excluding hydrogens is 458 g/mol. The molecule has 0 atom stereocenters. The zero-order valence-corrected chi connectivity index (χ0v) is 22.2. The molecule has 4 aromatic rings. The third-order valence-corrected chi connectivity index (χ3v) is 7.63. The Balaban J connectivity index is 1.38. The number of nitrogens with one attached hydrogen (secondary N) is 1. The van der Waals surface area contributed by atoms with Crippen LogP contribution in [0.2, 0.25) is 0 Å². The van der Waals surface area contributed by atoms with Gasteiger partial charge in [-0.1, -0.05) is 32.0 Å². The smallest absolute Gasteiger partial charge is 0.161 e. The van der Waals surface area contributed by atoms with Crippen LogP contribution in [0.3, 0.4) is 0 Å². The largest absolute Gasteiger partial charge is 0.493 e. The molecule has 0 saturated carbocycles. The SMILES string of the molecule is COc1ccc(-c2[nH]c3ccc(C4CCN(Cc5cccc(C#N)c5)CC4)cc3c2C(C)C)cc1OC. The molecule has 1 aromatic heterocycles. The van der Waals surface area contributed by atoms with E-state index in [0.29, 0.717) is 11.8 Å². The molecule has 0 spiro atoms. The molecule has 1 N–H and O–H groups in total. The van der Waals surface area contributed by atoms with Crippen LogP contribution in [0.1, 0.15) is 60.8 Å². The lowest BCUT2D eigenvalue weighted by molar-refractivity contribution is 0.204. The van der Waals surface area contributed by atoms with E-state index in [1.54, 1.807) is 14.2 Å². The molecule has 0 aliphatic carbocycles. The maximum atomic E-state index is 9.19. The van der Waals surface area contributed by atoms with Crippen molar-refractivity contribution in [3.8, 4) is 28.8 Å². The summed E-state index contributed by atoms with van der Waals surface area (Å²) in [6.07, 6.45) is 2.29. The Bertz CT molecular complexity index is 1440. The number of piperidine rings is 1. The topological polar surface area (TPSA) is 61.3 Å². The first kappa shape index (κ1) is 24.9.